The zero-order valence-electron chi connectivity index (χ0n) is 11.4. The van der Waals surface area contributed by atoms with Crippen LogP contribution < -0.4 is 0 Å². The summed E-state index contributed by atoms with van der Waals surface area (Å²) in [6, 6.07) is 14.9. The van der Waals surface area contributed by atoms with Crippen molar-refractivity contribution in [1.29, 1.82) is 0 Å². The maximum atomic E-state index is 12.7. The first kappa shape index (κ1) is 13.7. The number of hydrogen-bond acceptors (Lipinski definition) is 1. The number of carbonyl (C=O) groups is 1. The van der Waals surface area contributed by atoms with Gasteiger partial charge in [0, 0.05) is 39.8 Å². The monoisotopic (exact) mass is 295 g/mol. The molecule has 3 heteroatoms. The van der Waals surface area contributed by atoms with Gasteiger partial charge in [0.2, 0.25) is 0 Å². The number of fused-ring (bicyclic) bond motifs is 1. The van der Waals surface area contributed by atoms with Crippen molar-refractivity contribution < 1.29 is 4.79 Å². The van der Waals surface area contributed by atoms with Crippen LogP contribution in [0.5, 0.6) is 0 Å². The summed E-state index contributed by atoms with van der Waals surface area (Å²) in [7, 11) is 0. The van der Waals surface area contributed by atoms with Crippen molar-refractivity contribution in [3.63, 3.8) is 0 Å². The van der Waals surface area contributed by atoms with E-state index in [4.69, 9.17) is 11.6 Å². The van der Waals surface area contributed by atoms with Crippen molar-refractivity contribution >= 4 is 28.3 Å². The van der Waals surface area contributed by atoms with Gasteiger partial charge < -0.3 is 4.57 Å². The molecule has 0 radical (unpaired) electrons. The number of rotatable bonds is 4. The average Bonchev–Trinajstić information content (AvgIpc) is 2.86. The normalized spacial score (nSPS) is 10.7. The maximum Gasteiger partial charge on any atom is 0.195 e. The SMILES string of the molecule is C=CCn1cc(C(=O)c2cccc(Cl)c2)c2ccccc21. The second-order valence-electron chi connectivity index (χ2n) is 4.84. The number of para-hydroxylation sites is 1. The van der Waals surface area contributed by atoms with Crippen LogP contribution in [0.25, 0.3) is 10.9 Å². The zero-order valence-corrected chi connectivity index (χ0v) is 12.2. The van der Waals surface area contributed by atoms with Crippen LogP contribution in [0.4, 0.5) is 0 Å². The highest BCUT2D eigenvalue weighted by atomic mass is 35.5. The molecule has 3 rings (SSSR count). The Morgan fingerprint density at radius 1 is 1.19 bits per heavy atom. The predicted octanol–water partition coefficient (Wildman–Crippen LogP) is 4.71. The highest BCUT2D eigenvalue weighted by molar-refractivity contribution is 6.31. The quantitative estimate of drug-likeness (QED) is 0.504. The smallest absolute Gasteiger partial charge is 0.195 e. The fraction of sp³-hybridized carbons (Fsp3) is 0.0556. The molecule has 0 saturated carbocycles. The third kappa shape index (κ3) is 2.50. The second kappa shape index (κ2) is 5.58. The molecule has 0 N–H and O–H groups in total. The number of nitrogens with zero attached hydrogens (tertiary/aromatic N) is 1. The van der Waals surface area contributed by atoms with E-state index in [9.17, 15) is 4.79 Å². The van der Waals surface area contributed by atoms with Gasteiger partial charge in [-0.1, -0.05) is 48.0 Å². The van der Waals surface area contributed by atoms with E-state index in [0.717, 1.165) is 10.9 Å². The van der Waals surface area contributed by atoms with Crippen LogP contribution in [0, 0.1) is 0 Å². The van der Waals surface area contributed by atoms with Gasteiger partial charge in [-0.05, 0) is 18.2 Å². The summed E-state index contributed by atoms with van der Waals surface area (Å²) in [5, 5.41) is 1.51. The number of carbonyl (C=O) groups excluding carboxylic acids is 1. The van der Waals surface area contributed by atoms with Crippen LogP contribution in [-0.2, 0) is 6.54 Å². The van der Waals surface area contributed by atoms with Gasteiger partial charge in [-0.15, -0.1) is 6.58 Å². The molecule has 0 amide bonds. The van der Waals surface area contributed by atoms with Crippen LogP contribution in [0.1, 0.15) is 15.9 Å². The molecule has 0 bridgehead atoms. The average molecular weight is 296 g/mol. The highest BCUT2D eigenvalue weighted by Crippen LogP contribution is 2.24. The van der Waals surface area contributed by atoms with Crippen LogP contribution in [0.15, 0.2) is 67.4 Å². The standard InChI is InChI=1S/C18H14ClNO/c1-2-10-20-12-16(15-8-3-4-9-17(15)20)18(21)13-6-5-7-14(19)11-13/h2-9,11-12H,1,10H2. The Balaban J connectivity index is 2.16. The van der Waals surface area contributed by atoms with Crippen molar-refractivity contribution in [3.05, 3.63) is 83.5 Å². The van der Waals surface area contributed by atoms with Gasteiger partial charge in [0.1, 0.15) is 0 Å². The third-order valence-corrected chi connectivity index (χ3v) is 3.68. The second-order valence-corrected chi connectivity index (χ2v) is 5.28. The van der Waals surface area contributed by atoms with E-state index in [1.54, 1.807) is 24.3 Å². The van der Waals surface area contributed by atoms with Gasteiger partial charge in [-0.25, -0.2) is 0 Å². The zero-order chi connectivity index (χ0) is 14.8. The summed E-state index contributed by atoms with van der Waals surface area (Å²) < 4.78 is 2.03. The number of benzene rings is 2. The number of allylic oxidation sites excluding steroid dienone is 1. The summed E-state index contributed by atoms with van der Waals surface area (Å²) in [6.45, 7) is 4.43. The lowest BCUT2D eigenvalue weighted by Crippen LogP contribution is -2.00. The Kier molecular flexibility index (Phi) is 3.63. The first-order valence-electron chi connectivity index (χ1n) is 6.70. The molecule has 3 aromatic rings. The molecule has 0 aliphatic carbocycles. The lowest BCUT2D eigenvalue weighted by molar-refractivity contribution is 0.104. The van der Waals surface area contributed by atoms with Crippen LogP contribution in [0.3, 0.4) is 0 Å². The van der Waals surface area contributed by atoms with Crippen LogP contribution >= 0.6 is 11.6 Å². The largest absolute Gasteiger partial charge is 0.343 e. The van der Waals surface area contributed by atoms with E-state index in [-0.39, 0.29) is 5.78 Å². The molecule has 0 unspecified atom stereocenters. The molecule has 0 spiro atoms. The molecule has 104 valence electrons. The molecule has 2 nitrogen and oxygen atoms in total. The van der Waals surface area contributed by atoms with E-state index >= 15 is 0 Å². The summed E-state index contributed by atoms with van der Waals surface area (Å²) in [6.07, 6.45) is 3.70. The van der Waals surface area contributed by atoms with Crippen LogP contribution in [-0.4, -0.2) is 10.4 Å². The third-order valence-electron chi connectivity index (χ3n) is 3.45. The van der Waals surface area contributed by atoms with Crippen LogP contribution in [0.2, 0.25) is 5.02 Å². The maximum absolute atomic E-state index is 12.7. The molecule has 0 fully saturated rings. The summed E-state index contributed by atoms with van der Waals surface area (Å²) in [4.78, 5) is 12.7. The summed E-state index contributed by atoms with van der Waals surface area (Å²) in [5.74, 6) is -0.0171. The first-order chi connectivity index (χ1) is 10.2. The van der Waals surface area contributed by atoms with Crippen molar-refractivity contribution in [2.45, 2.75) is 6.54 Å². The van der Waals surface area contributed by atoms with E-state index in [1.807, 2.05) is 41.1 Å². The highest BCUT2D eigenvalue weighted by Gasteiger charge is 2.16. The minimum atomic E-state index is -0.0171. The van der Waals surface area contributed by atoms with Crippen molar-refractivity contribution in [1.82, 2.24) is 4.57 Å². The molecular formula is C18H14ClNO. The fourth-order valence-corrected chi connectivity index (χ4v) is 2.69. The molecular weight excluding hydrogens is 282 g/mol. The lowest BCUT2D eigenvalue weighted by Gasteiger charge is -2.00. The van der Waals surface area contributed by atoms with Crippen molar-refractivity contribution in [3.8, 4) is 0 Å². The van der Waals surface area contributed by atoms with Crippen molar-refractivity contribution in [2.75, 3.05) is 0 Å². The topological polar surface area (TPSA) is 22.0 Å². The number of aromatic nitrogens is 1. The minimum Gasteiger partial charge on any atom is -0.343 e. The van der Waals surface area contributed by atoms with Crippen molar-refractivity contribution in [2.24, 2.45) is 0 Å². The van der Waals surface area contributed by atoms with Gasteiger partial charge in [-0.3, -0.25) is 4.79 Å². The Hall–Kier alpha value is -2.32. The Bertz CT molecular complexity index is 832. The van der Waals surface area contributed by atoms with Gasteiger partial charge in [-0.2, -0.15) is 0 Å². The number of halogens is 1. The number of ketones is 1. The van der Waals surface area contributed by atoms with E-state index in [2.05, 4.69) is 6.58 Å². The predicted molar refractivity (Wildman–Crippen MR) is 87.0 cm³/mol. The molecule has 0 atom stereocenters. The van der Waals surface area contributed by atoms with Gasteiger partial charge in [0.05, 0.1) is 0 Å². The fourth-order valence-electron chi connectivity index (χ4n) is 2.50. The van der Waals surface area contributed by atoms with E-state index in [1.165, 1.54) is 0 Å². The lowest BCUT2D eigenvalue weighted by atomic mass is 10.0. The number of hydrogen-bond donors (Lipinski definition) is 0. The van der Waals surface area contributed by atoms with Gasteiger partial charge in [0.25, 0.3) is 0 Å². The minimum absolute atomic E-state index is 0.0171. The Morgan fingerprint density at radius 3 is 2.76 bits per heavy atom. The molecule has 21 heavy (non-hydrogen) atoms. The Labute approximate surface area is 128 Å². The summed E-state index contributed by atoms with van der Waals surface area (Å²) >= 11 is 5.98. The van der Waals surface area contributed by atoms with Gasteiger partial charge in [0.15, 0.2) is 5.78 Å². The molecule has 0 saturated heterocycles. The van der Waals surface area contributed by atoms with Gasteiger partial charge >= 0.3 is 0 Å². The molecule has 1 aromatic heterocycles. The Morgan fingerprint density at radius 2 is 2.00 bits per heavy atom. The van der Waals surface area contributed by atoms with E-state index < -0.39 is 0 Å². The van der Waals surface area contributed by atoms with E-state index in [0.29, 0.717) is 22.7 Å². The first-order valence-corrected chi connectivity index (χ1v) is 7.07. The molecule has 1 heterocycles. The molecule has 0 aliphatic rings. The summed E-state index contributed by atoms with van der Waals surface area (Å²) in [5.41, 5.74) is 2.32. The molecule has 2 aromatic carbocycles. The molecule has 0 aliphatic heterocycles.